The van der Waals surface area contributed by atoms with Crippen LogP contribution in [0.1, 0.15) is 57.8 Å². The maximum Gasteiger partial charge on any atom is 0.223 e. The highest BCUT2D eigenvalue weighted by Crippen LogP contribution is 2.39. The minimum Gasteiger partial charge on any atom is -0.336 e. The van der Waals surface area contributed by atoms with E-state index in [1.165, 1.54) is 77.5 Å². The lowest BCUT2D eigenvalue weighted by molar-refractivity contribution is -0.132. The van der Waals surface area contributed by atoms with E-state index < -0.39 is 0 Å². The van der Waals surface area contributed by atoms with Gasteiger partial charge in [0.15, 0.2) is 0 Å². The van der Waals surface area contributed by atoms with Crippen molar-refractivity contribution in [1.82, 2.24) is 15.1 Å². The number of fused-ring (bicyclic) bond motifs is 1. The fourth-order valence-corrected chi connectivity index (χ4v) is 5.48. The van der Waals surface area contributed by atoms with E-state index in [0.717, 1.165) is 12.5 Å². The third kappa shape index (κ3) is 2.80. The highest BCUT2D eigenvalue weighted by atomic mass is 16.2. The molecule has 0 aromatic carbocycles. The van der Waals surface area contributed by atoms with E-state index in [2.05, 4.69) is 15.1 Å². The molecule has 3 aliphatic heterocycles. The van der Waals surface area contributed by atoms with Crippen LogP contribution in [0.25, 0.3) is 0 Å². The third-order valence-corrected chi connectivity index (χ3v) is 6.67. The van der Waals surface area contributed by atoms with Gasteiger partial charge in [0, 0.05) is 37.6 Å². The summed E-state index contributed by atoms with van der Waals surface area (Å²) in [4.78, 5) is 17.6. The van der Waals surface area contributed by atoms with Crippen LogP contribution >= 0.6 is 0 Å². The SMILES string of the molecule is O=C1C[C@@H]2CCCC[C@@H]2N1C1CCN(C2CCNCC2)CC1. The van der Waals surface area contributed by atoms with Gasteiger partial charge in [-0.2, -0.15) is 0 Å². The molecule has 1 saturated carbocycles. The number of hydrogen-bond donors (Lipinski definition) is 1. The molecule has 0 aromatic rings. The number of rotatable bonds is 2. The maximum atomic E-state index is 12.5. The molecule has 2 atom stereocenters. The largest absolute Gasteiger partial charge is 0.336 e. The van der Waals surface area contributed by atoms with Crippen LogP contribution in [-0.4, -0.2) is 60.0 Å². The van der Waals surface area contributed by atoms with Crippen molar-refractivity contribution in [2.24, 2.45) is 5.92 Å². The Balaban J connectivity index is 1.35. The van der Waals surface area contributed by atoms with Crippen molar-refractivity contribution in [2.75, 3.05) is 26.2 Å². The summed E-state index contributed by atoms with van der Waals surface area (Å²) in [6.07, 6.45) is 11.1. The zero-order valence-corrected chi connectivity index (χ0v) is 13.8. The minimum absolute atomic E-state index is 0.470. The summed E-state index contributed by atoms with van der Waals surface area (Å²) in [6, 6.07) is 1.93. The van der Waals surface area contributed by atoms with Crippen LogP contribution in [-0.2, 0) is 4.79 Å². The number of carbonyl (C=O) groups is 1. The van der Waals surface area contributed by atoms with Gasteiger partial charge < -0.3 is 15.1 Å². The van der Waals surface area contributed by atoms with Crippen LogP contribution in [0, 0.1) is 5.92 Å². The summed E-state index contributed by atoms with van der Waals surface area (Å²) in [5.74, 6) is 1.15. The van der Waals surface area contributed by atoms with Gasteiger partial charge in [-0.25, -0.2) is 0 Å². The highest BCUT2D eigenvalue weighted by Gasteiger charge is 2.44. The molecule has 1 aliphatic carbocycles. The highest BCUT2D eigenvalue weighted by molar-refractivity contribution is 5.79. The van der Waals surface area contributed by atoms with Crippen molar-refractivity contribution >= 4 is 5.91 Å². The Morgan fingerprint density at radius 1 is 0.864 bits per heavy atom. The second-order valence-electron chi connectivity index (χ2n) is 7.87. The molecule has 3 saturated heterocycles. The summed E-state index contributed by atoms with van der Waals surface area (Å²) in [5, 5.41) is 3.46. The van der Waals surface area contributed by atoms with Gasteiger partial charge in [0.25, 0.3) is 0 Å². The van der Waals surface area contributed by atoms with Gasteiger partial charge in [0.2, 0.25) is 5.91 Å². The van der Waals surface area contributed by atoms with Crippen LogP contribution in [0.5, 0.6) is 0 Å². The molecule has 3 heterocycles. The summed E-state index contributed by atoms with van der Waals surface area (Å²) < 4.78 is 0. The van der Waals surface area contributed by atoms with Gasteiger partial charge in [-0.05, 0) is 57.5 Å². The van der Waals surface area contributed by atoms with Crippen molar-refractivity contribution in [3.63, 3.8) is 0 Å². The van der Waals surface area contributed by atoms with Gasteiger partial charge in [-0.1, -0.05) is 12.8 Å². The number of piperidine rings is 2. The van der Waals surface area contributed by atoms with Crippen LogP contribution in [0.15, 0.2) is 0 Å². The monoisotopic (exact) mass is 305 g/mol. The first-order valence-corrected chi connectivity index (χ1v) is 9.59. The molecule has 0 bridgehead atoms. The first-order chi connectivity index (χ1) is 10.8. The number of carbonyl (C=O) groups excluding carboxylic acids is 1. The van der Waals surface area contributed by atoms with Gasteiger partial charge in [-0.15, -0.1) is 0 Å². The second kappa shape index (κ2) is 6.48. The molecule has 4 rings (SSSR count). The first kappa shape index (κ1) is 14.9. The second-order valence-corrected chi connectivity index (χ2v) is 7.87. The number of nitrogens with zero attached hydrogens (tertiary/aromatic N) is 2. The number of nitrogens with one attached hydrogen (secondary N) is 1. The Labute approximate surface area is 134 Å². The van der Waals surface area contributed by atoms with Crippen molar-refractivity contribution in [1.29, 1.82) is 0 Å². The van der Waals surface area contributed by atoms with E-state index in [9.17, 15) is 4.79 Å². The van der Waals surface area contributed by atoms with Crippen molar-refractivity contribution in [3.05, 3.63) is 0 Å². The van der Waals surface area contributed by atoms with Gasteiger partial charge >= 0.3 is 0 Å². The van der Waals surface area contributed by atoms with E-state index in [4.69, 9.17) is 0 Å². The normalized spacial score (nSPS) is 35.8. The van der Waals surface area contributed by atoms with E-state index in [0.29, 0.717) is 23.9 Å². The molecule has 0 unspecified atom stereocenters. The third-order valence-electron chi connectivity index (χ3n) is 6.67. The Hall–Kier alpha value is -0.610. The maximum absolute atomic E-state index is 12.5. The standard InChI is InChI=1S/C18H31N3O/c22-18-13-14-3-1-2-4-17(14)21(18)16-7-11-20(12-8-16)15-5-9-19-10-6-15/h14-17,19H,1-13H2/t14-,17-/m0/s1. The molecule has 4 aliphatic rings. The molecular formula is C18H31N3O. The molecule has 0 spiro atoms. The molecule has 4 fully saturated rings. The average Bonchev–Trinajstić information content (AvgIpc) is 2.91. The lowest BCUT2D eigenvalue weighted by atomic mass is 9.84. The Morgan fingerprint density at radius 3 is 2.36 bits per heavy atom. The molecule has 0 radical (unpaired) electrons. The molecule has 1 amide bonds. The van der Waals surface area contributed by atoms with Crippen LogP contribution in [0.3, 0.4) is 0 Å². The number of hydrogen-bond acceptors (Lipinski definition) is 3. The number of amides is 1. The van der Waals surface area contributed by atoms with Gasteiger partial charge in [0.1, 0.15) is 0 Å². The van der Waals surface area contributed by atoms with E-state index >= 15 is 0 Å². The van der Waals surface area contributed by atoms with Crippen molar-refractivity contribution in [2.45, 2.75) is 75.9 Å². The molecule has 0 aromatic heterocycles. The number of likely N-dealkylation sites (tertiary alicyclic amines) is 2. The fourth-order valence-electron chi connectivity index (χ4n) is 5.48. The van der Waals surface area contributed by atoms with Gasteiger partial charge in [-0.3, -0.25) is 4.79 Å². The van der Waals surface area contributed by atoms with Crippen LogP contribution in [0.4, 0.5) is 0 Å². The molecule has 1 N–H and O–H groups in total. The smallest absolute Gasteiger partial charge is 0.223 e. The zero-order chi connectivity index (χ0) is 14.9. The molecule has 22 heavy (non-hydrogen) atoms. The van der Waals surface area contributed by atoms with Gasteiger partial charge in [0.05, 0.1) is 0 Å². The van der Waals surface area contributed by atoms with Crippen molar-refractivity contribution < 1.29 is 4.79 Å². The Kier molecular flexibility index (Phi) is 4.40. The molecule has 4 nitrogen and oxygen atoms in total. The molecular weight excluding hydrogens is 274 g/mol. The predicted molar refractivity (Wildman–Crippen MR) is 87.7 cm³/mol. The average molecular weight is 305 g/mol. The van der Waals surface area contributed by atoms with E-state index in [1.54, 1.807) is 0 Å². The molecule has 4 heteroatoms. The van der Waals surface area contributed by atoms with Crippen molar-refractivity contribution in [3.8, 4) is 0 Å². The summed E-state index contributed by atoms with van der Waals surface area (Å²) >= 11 is 0. The Morgan fingerprint density at radius 2 is 1.59 bits per heavy atom. The summed E-state index contributed by atoms with van der Waals surface area (Å²) in [6.45, 7) is 4.77. The lowest BCUT2D eigenvalue weighted by Gasteiger charge is -2.44. The predicted octanol–water partition coefficient (Wildman–Crippen LogP) is 1.99. The molecule has 124 valence electrons. The first-order valence-electron chi connectivity index (χ1n) is 9.59. The topological polar surface area (TPSA) is 35.6 Å². The van der Waals surface area contributed by atoms with Crippen LogP contribution in [0.2, 0.25) is 0 Å². The minimum atomic E-state index is 0.470. The summed E-state index contributed by atoms with van der Waals surface area (Å²) in [5.41, 5.74) is 0. The van der Waals surface area contributed by atoms with Crippen LogP contribution < -0.4 is 5.32 Å². The lowest BCUT2D eigenvalue weighted by Crippen LogP contribution is -2.52. The summed E-state index contributed by atoms with van der Waals surface area (Å²) in [7, 11) is 0. The van der Waals surface area contributed by atoms with E-state index in [-0.39, 0.29) is 0 Å². The fraction of sp³-hybridized carbons (Fsp3) is 0.944. The van der Waals surface area contributed by atoms with E-state index in [1.807, 2.05) is 0 Å². The quantitative estimate of drug-likeness (QED) is 0.847. The Bertz CT molecular complexity index is 399. The zero-order valence-electron chi connectivity index (χ0n) is 13.8.